The number of hydrogen-bond acceptors (Lipinski definition) is 1. The minimum Gasteiger partial charge on any atom is -0.157 e. The van der Waals surface area contributed by atoms with Gasteiger partial charge in [0.25, 0.3) is 0 Å². The molecule has 1 rings (SSSR count). The molecule has 1 aliphatic carbocycles. The van der Waals surface area contributed by atoms with Gasteiger partial charge in [0, 0.05) is 5.75 Å². The summed E-state index contributed by atoms with van der Waals surface area (Å²) in [6.45, 7) is 5.98. The molecule has 0 unspecified atom stereocenters. The molecule has 10 heavy (non-hydrogen) atoms. The summed E-state index contributed by atoms with van der Waals surface area (Å²) in [5, 5.41) is 0. The van der Waals surface area contributed by atoms with E-state index in [1.54, 1.807) is 0 Å². The fraction of sp³-hybridized carbons (Fsp3) is 0.778. The van der Waals surface area contributed by atoms with E-state index < -0.39 is 0 Å². The second-order valence-electron chi connectivity index (χ2n) is 3.27. The van der Waals surface area contributed by atoms with Gasteiger partial charge in [0.1, 0.15) is 0 Å². The second kappa shape index (κ2) is 4.07. The van der Waals surface area contributed by atoms with Crippen molar-refractivity contribution < 1.29 is 0 Å². The Bertz CT molecular complexity index is 114. The lowest BCUT2D eigenvalue weighted by molar-refractivity contribution is 0.353. The molecule has 0 atom stereocenters. The van der Waals surface area contributed by atoms with Crippen LogP contribution in [0.5, 0.6) is 0 Å². The zero-order chi connectivity index (χ0) is 7.40. The first-order valence-corrected chi connectivity index (χ1v) is 5.16. The van der Waals surface area contributed by atoms with Gasteiger partial charge in [0.15, 0.2) is 0 Å². The zero-order valence-corrected chi connectivity index (χ0v) is 7.54. The van der Waals surface area contributed by atoms with Crippen LogP contribution in [0.3, 0.4) is 0 Å². The lowest BCUT2D eigenvalue weighted by Gasteiger charge is -2.24. The first-order valence-electron chi connectivity index (χ1n) is 4.01. The van der Waals surface area contributed by atoms with Crippen LogP contribution in [0.15, 0.2) is 12.2 Å². The number of rotatable bonds is 4. The van der Waals surface area contributed by atoms with Crippen molar-refractivity contribution in [1.29, 1.82) is 0 Å². The van der Waals surface area contributed by atoms with E-state index in [0.717, 1.165) is 11.7 Å². The highest BCUT2D eigenvalue weighted by Gasteiger charge is 2.16. The Morgan fingerprint density at radius 2 is 2.30 bits per heavy atom. The predicted molar refractivity (Wildman–Crippen MR) is 49.5 cm³/mol. The molecule has 0 aliphatic heterocycles. The van der Waals surface area contributed by atoms with E-state index in [2.05, 4.69) is 13.5 Å². The third-order valence-corrected chi connectivity index (χ3v) is 3.33. The summed E-state index contributed by atoms with van der Waals surface area (Å²) in [6.07, 6.45) is 4.42. The molecule has 0 heterocycles. The Morgan fingerprint density at radius 3 is 2.70 bits per heavy atom. The monoisotopic (exact) mass is 156 g/mol. The fourth-order valence-electron chi connectivity index (χ4n) is 1.06. The molecule has 1 aliphatic rings. The van der Waals surface area contributed by atoms with Gasteiger partial charge in [-0.05, 0) is 31.4 Å². The SMILES string of the molecule is C=C(C)CSCC1CCC1. The van der Waals surface area contributed by atoms with Gasteiger partial charge in [-0.2, -0.15) is 11.8 Å². The highest BCUT2D eigenvalue weighted by atomic mass is 32.2. The van der Waals surface area contributed by atoms with Gasteiger partial charge in [0.2, 0.25) is 0 Å². The minimum absolute atomic E-state index is 1.05. The lowest BCUT2D eigenvalue weighted by Crippen LogP contribution is -2.13. The average molecular weight is 156 g/mol. The van der Waals surface area contributed by atoms with E-state index in [1.165, 1.54) is 30.6 Å². The molecule has 0 spiro atoms. The molecule has 0 N–H and O–H groups in total. The highest BCUT2D eigenvalue weighted by Crippen LogP contribution is 2.29. The van der Waals surface area contributed by atoms with Gasteiger partial charge in [-0.15, -0.1) is 0 Å². The van der Waals surface area contributed by atoms with Gasteiger partial charge in [-0.1, -0.05) is 18.6 Å². The van der Waals surface area contributed by atoms with Crippen molar-refractivity contribution in [3.05, 3.63) is 12.2 Å². The molecule has 0 aromatic rings. The molecule has 1 saturated carbocycles. The molecule has 0 saturated heterocycles. The van der Waals surface area contributed by atoms with Crippen molar-refractivity contribution in [3.63, 3.8) is 0 Å². The first-order chi connectivity index (χ1) is 4.79. The lowest BCUT2D eigenvalue weighted by atomic mass is 9.87. The third-order valence-electron chi connectivity index (χ3n) is 1.93. The molecule has 1 fully saturated rings. The Balaban J connectivity index is 1.89. The van der Waals surface area contributed by atoms with Crippen molar-refractivity contribution in [3.8, 4) is 0 Å². The van der Waals surface area contributed by atoms with Gasteiger partial charge in [-0.25, -0.2) is 0 Å². The van der Waals surface area contributed by atoms with E-state index in [4.69, 9.17) is 0 Å². The van der Waals surface area contributed by atoms with Crippen molar-refractivity contribution in [2.75, 3.05) is 11.5 Å². The molecule has 0 nitrogen and oxygen atoms in total. The van der Waals surface area contributed by atoms with Crippen LogP contribution in [0.2, 0.25) is 0 Å². The zero-order valence-electron chi connectivity index (χ0n) is 6.73. The first kappa shape index (κ1) is 8.19. The minimum atomic E-state index is 1.05. The van der Waals surface area contributed by atoms with Crippen LogP contribution in [0.1, 0.15) is 26.2 Å². The molecule has 0 aromatic carbocycles. The van der Waals surface area contributed by atoms with Gasteiger partial charge in [0.05, 0.1) is 0 Å². The van der Waals surface area contributed by atoms with E-state index in [-0.39, 0.29) is 0 Å². The van der Waals surface area contributed by atoms with Gasteiger partial charge < -0.3 is 0 Å². The summed E-state index contributed by atoms with van der Waals surface area (Å²) in [5.74, 6) is 3.58. The summed E-state index contributed by atoms with van der Waals surface area (Å²) >= 11 is 2.05. The summed E-state index contributed by atoms with van der Waals surface area (Å²) in [6, 6.07) is 0. The van der Waals surface area contributed by atoms with Crippen LogP contribution < -0.4 is 0 Å². The van der Waals surface area contributed by atoms with Crippen molar-refractivity contribution in [2.24, 2.45) is 5.92 Å². The maximum absolute atomic E-state index is 3.87. The third kappa shape index (κ3) is 2.78. The Morgan fingerprint density at radius 1 is 1.60 bits per heavy atom. The molecule has 0 radical (unpaired) electrons. The van der Waals surface area contributed by atoms with Crippen LogP contribution in [0, 0.1) is 5.92 Å². The van der Waals surface area contributed by atoms with Crippen LogP contribution in [-0.2, 0) is 0 Å². The maximum Gasteiger partial charge on any atom is 0.0137 e. The standard InChI is InChI=1S/C9H16S/c1-8(2)6-10-7-9-4-3-5-9/h9H,1,3-7H2,2H3. The van der Waals surface area contributed by atoms with Gasteiger partial charge in [-0.3, -0.25) is 0 Å². The van der Waals surface area contributed by atoms with E-state index in [1.807, 2.05) is 11.8 Å². The highest BCUT2D eigenvalue weighted by molar-refractivity contribution is 7.99. The fourth-order valence-corrected chi connectivity index (χ4v) is 2.19. The van der Waals surface area contributed by atoms with Crippen LogP contribution in [0.25, 0.3) is 0 Å². The van der Waals surface area contributed by atoms with Crippen molar-refractivity contribution in [2.45, 2.75) is 26.2 Å². The Kier molecular flexibility index (Phi) is 3.33. The predicted octanol–water partition coefficient (Wildman–Crippen LogP) is 3.10. The molecule has 0 bridgehead atoms. The number of thioether (sulfide) groups is 1. The quantitative estimate of drug-likeness (QED) is 0.564. The number of hydrogen-bond donors (Lipinski definition) is 0. The van der Waals surface area contributed by atoms with Crippen LogP contribution in [0.4, 0.5) is 0 Å². The molecule has 58 valence electrons. The molecule has 0 amide bonds. The summed E-state index contributed by atoms with van der Waals surface area (Å²) in [5.41, 5.74) is 1.31. The van der Waals surface area contributed by atoms with Gasteiger partial charge >= 0.3 is 0 Å². The van der Waals surface area contributed by atoms with Crippen LogP contribution >= 0.6 is 11.8 Å². The van der Waals surface area contributed by atoms with E-state index in [0.29, 0.717) is 0 Å². The van der Waals surface area contributed by atoms with E-state index >= 15 is 0 Å². The molecule has 1 heteroatoms. The molecule has 0 aromatic heterocycles. The maximum atomic E-state index is 3.87. The Hall–Kier alpha value is 0.0900. The van der Waals surface area contributed by atoms with Crippen LogP contribution in [-0.4, -0.2) is 11.5 Å². The Labute approximate surface area is 68.1 Å². The normalized spacial score (nSPS) is 18.5. The largest absolute Gasteiger partial charge is 0.157 e. The summed E-state index contributed by atoms with van der Waals surface area (Å²) < 4.78 is 0. The van der Waals surface area contributed by atoms with Crippen molar-refractivity contribution in [1.82, 2.24) is 0 Å². The smallest absolute Gasteiger partial charge is 0.0137 e. The summed E-state index contributed by atoms with van der Waals surface area (Å²) in [4.78, 5) is 0. The van der Waals surface area contributed by atoms with E-state index in [9.17, 15) is 0 Å². The van der Waals surface area contributed by atoms with Crippen molar-refractivity contribution >= 4 is 11.8 Å². The summed E-state index contributed by atoms with van der Waals surface area (Å²) in [7, 11) is 0. The topological polar surface area (TPSA) is 0 Å². The molecular weight excluding hydrogens is 140 g/mol. The second-order valence-corrected chi connectivity index (χ2v) is 4.30. The average Bonchev–Trinajstić information content (AvgIpc) is 1.75. The molecular formula is C9H16S.